The van der Waals surface area contributed by atoms with E-state index in [1.165, 1.54) is 6.92 Å². The largest absolute Gasteiger partial charge is 1.00 e. The van der Waals surface area contributed by atoms with E-state index in [9.17, 15) is 4.79 Å². The van der Waals surface area contributed by atoms with E-state index in [1.807, 2.05) is 7.05 Å². The Morgan fingerprint density at radius 3 is 2.25 bits per heavy atom. The van der Waals surface area contributed by atoms with Gasteiger partial charge in [0.2, 0.25) is 11.7 Å². The normalized spacial score (nSPS) is 13.2. The monoisotopic (exact) mass is 356 g/mol. The summed E-state index contributed by atoms with van der Waals surface area (Å²) < 4.78 is 4.66. The first-order valence-electron chi connectivity index (χ1n) is 6.21. The van der Waals surface area contributed by atoms with Crippen LogP contribution in [0.5, 0.6) is 0 Å². The summed E-state index contributed by atoms with van der Waals surface area (Å²) in [7, 11) is 2.04. The van der Waals surface area contributed by atoms with Crippen molar-refractivity contribution in [3.63, 3.8) is 0 Å². The summed E-state index contributed by atoms with van der Waals surface area (Å²) in [5.74, 6) is -4.15. The first-order chi connectivity index (χ1) is 10.3. The molecule has 10 nitrogen and oxygen atoms in total. The molecular formula is C12H14N4Na2O6. The van der Waals surface area contributed by atoms with Crippen molar-refractivity contribution >= 4 is 29.2 Å². The number of carboxylic acids is 2. The van der Waals surface area contributed by atoms with Crippen LogP contribution in [0.15, 0.2) is 10.7 Å². The second-order valence-corrected chi connectivity index (χ2v) is 4.47. The third-order valence-electron chi connectivity index (χ3n) is 2.60. The van der Waals surface area contributed by atoms with E-state index in [0.29, 0.717) is 11.5 Å². The molecule has 0 aliphatic carbocycles. The topological polar surface area (TPSA) is 152 Å². The van der Waals surface area contributed by atoms with Crippen LogP contribution >= 0.6 is 0 Å². The number of hydrogen-bond acceptors (Lipinski definition) is 9. The second kappa shape index (κ2) is 12.6. The average Bonchev–Trinajstić information content (AvgIpc) is 2.86. The molecule has 0 fully saturated rings. The predicted octanol–water partition coefficient (Wildman–Crippen LogP) is -8.76. The van der Waals surface area contributed by atoms with Crippen molar-refractivity contribution in [2.45, 2.75) is 13.3 Å². The van der Waals surface area contributed by atoms with Crippen molar-refractivity contribution in [1.29, 1.82) is 0 Å². The molecule has 12 heteroatoms. The van der Waals surface area contributed by atoms with Crippen LogP contribution in [-0.2, 0) is 14.4 Å². The van der Waals surface area contributed by atoms with Crippen molar-refractivity contribution in [2.75, 3.05) is 25.5 Å². The summed E-state index contributed by atoms with van der Waals surface area (Å²) in [6.07, 6.45) is 3.07. The fraction of sp³-hybridized carbons (Fsp3) is 0.417. The molecule has 1 aromatic rings. The Labute approximate surface area is 182 Å². The number of aliphatic carboxylic acids is 2. The van der Waals surface area contributed by atoms with Gasteiger partial charge in [-0.05, 0) is 29.4 Å². The maximum atomic E-state index is 11.0. The van der Waals surface area contributed by atoms with Crippen molar-refractivity contribution < 1.29 is 88.3 Å². The van der Waals surface area contributed by atoms with E-state index in [-0.39, 0.29) is 65.0 Å². The zero-order valence-electron chi connectivity index (χ0n) is 14.0. The maximum Gasteiger partial charge on any atom is 1.00 e. The van der Waals surface area contributed by atoms with Crippen molar-refractivity contribution in [3.05, 3.63) is 11.8 Å². The molecule has 0 atom stereocenters. The number of carboxylic acid groups (broad SMARTS) is 2. The third-order valence-corrected chi connectivity index (χ3v) is 2.60. The van der Waals surface area contributed by atoms with Gasteiger partial charge in [-0.15, -0.1) is 0 Å². The first-order valence-corrected chi connectivity index (χ1v) is 6.21. The molecule has 0 spiro atoms. The van der Waals surface area contributed by atoms with Gasteiger partial charge in [0.1, 0.15) is 0 Å². The minimum absolute atomic E-state index is 0. The molecule has 1 aromatic heterocycles. The van der Waals surface area contributed by atoms with Crippen LogP contribution in [0, 0.1) is 0 Å². The third kappa shape index (κ3) is 8.92. The van der Waals surface area contributed by atoms with Gasteiger partial charge in [0, 0.05) is 20.0 Å². The maximum absolute atomic E-state index is 11.0. The zero-order chi connectivity index (χ0) is 16.7. The van der Waals surface area contributed by atoms with Gasteiger partial charge in [0.05, 0.1) is 11.9 Å². The fourth-order valence-electron chi connectivity index (χ4n) is 1.71. The zero-order valence-corrected chi connectivity index (χ0v) is 18.0. The van der Waals surface area contributed by atoms with Gasteiger partial charge < -0.3 is 30.0 Å². The van der Waals surface area contributed by atoms with Crippen LogP contribution in [-0.4, -0.2) is 53.2 Å². The summed E-state index contributed by atoms with van der Waals surface area (Å²) >= 11 is 0. The van der Waals surface area contributed by atoms with E-state index in [0.717, 1.165) is 25.1 Å². The molecule has 1 N–H and O–H groups in total. The molecular weight excluding hydrogens is 342 g/mol. The van der Waals surface area contributed by atoms with Crippen molar-refractivity contribution in [2.24, 2.45) is 0 Å². The number of aromatic nitrogens is 2. The van der Waals surface area contributed by atoms with Crippen LogP contribution in [0.25, 0.3) is 5.57 Å². The number of nitrogens with one attached hydrogen (secondary N) is 1. The number of carbonyl (C=O) groups is 3. The predicted molar refractivity (Wildman–Crippen MR) is 68.7 cm³/mol. The molecule has 0 radical (unpaired) electrons. The molecule has 0 saturated heterocycles. The summed E-state index contributed by atoms with van der Waals surface area (Å²) in [6, 6.07) is 0. The van der Waals surface area contributed by atoms with E-state index < -0.39 is 11.9 Å². The molecule has 2 heterocycles. The van der Waals surface area contributed by atoms with Crippen LogP contribution in [0.1, 0.15) is 19.0 Å². The Morgan fingerprint density at radius 1 is 1.21 bits per heavy atom. The SMILES string of the molecule is CC(=O)Nc1nonc1C1=CCCN(C)C1.O=C([O-])C(=O)[O-].[Na+].[Na+]. The Balaban J connectivity index is 0. The van der Waals surface area contributed by atoms with Gasteiger partial charge in [-0.2, -0.15) is 0 Å². The number of anilines is 1. The van der Waals surface area contributed by atoms with Gasteiger partial charge in [-0.25, -0.2) is 4.63 Å². The van der Waals surface area contributed by atoms with Crippen molar-refractivity contribution in [3.8, 4) is 0 Å². The van der Waals surface area contributed by atoms with Crippen LogP contribution in [0.3, 0.4) is 0 Å². The molecule has 0 saturated carbocycles. The van der Waals surface area contributed by atoms with E-state index in [1.54, 1.807) is 0 Å². The smallest absolute Gasteiger partial charge is 0.543 e. The average molecular weight is 356 g/mol. The van der Waals surface area contributed by atoms with Crippen LogP contribution in [0.2, 0.25) is 0 Å². The quantitative estimate of drug-likeness (QED) is 0.402. The minimum atomic E-state index is -2.19. The minimum Gasteiger partial charge on any atom is -0.543 e. The summed E-state index contributed by atoms with van der Waals surface area (Å²) in [6.45, 7) is 3.25. The standard InChI is InChI=1S/C10H14N4O2.C2H2O4.2Na/c1-7(15)11-10-9(12-16-13-10)8-4-3-5-14(2)6-8;3-1(4)2(5)6;;/h4H,3,5-6H2,1-2H3,(H,11,13,15);(H,3,4)(H,5,6);;/q;;2*+1/p-2. The summed E-state index contributed by atoms with van der Waals surface area (Å²) in [5.41, 5.74) is 1.67. The number of nitrogens with zero attached hydrogens (tertiary/aromatic N) is 3. The number of amides is 1. The van der Waals surface area contributed by atoms with Gasteiger partial charge >= 0.3 is 59.1 Å². The fourth-order valence-corrected chi connectivity index (χ4v) is 1.71. The van der Waals surface area contributed by atoms with Gasteiger partial charge in [-0.3, -0.25) is 4.79 Å². The summed E-state index contributed by atoms with van der Waals surface area (Å²) in [5, 5.41) is 28.0. The Bertz CT molecular complexity index is 592. The Morgan fingerprint density at radius 2 is 1.79 bits per heavy atom. The number of likely N-dealkylation sites (N-methyl/N-ethyl adjacent to an activating group) is 1. The molecule has 1 amide bonds. The molecule has 1 aliphatic heterocycles. The molecule has 24 heavy (non-hydrogen) atoms. The van der Waals surface area contributed by atoms with Gasteiger partial charge in [0.25, 0.3) is 0 Å². The van der Waals surface area contributed by atoms with Gasteiger partial charge in [0.15, 0.2) is 5.69 Å². The molecule has 1 aliphatic rings. The van der Waals surface area contributed by atoms with E-state index in [4.69, 9.17) is 19.8 Å². The Kier molecular flexibility index (Phi) is 13.4. The number of carbonyl (C=O) groups excluding carboxylic acids is 3. The van der Waals surface area contributed by atoms with Crippen LogP contribution < -0.4 is 74.6 Å². The van der Waals surface area contributed by atoms with E-state index >= 15 is 0 Å². The number of hydrogen-bond donors (Lipinski definition) is 1. The molecule has 0 unspecified atom stereocenters. The second-order valence-electron chi connectivity index (χ2n) is 4.47. The summed E-state index contributed by atoms with van der Waals surface area (Å²) in [4.78, 5) is 31.0. The molecule has 0 aromatic carbocycles. The Hall–Kier alpha value is -0.750. The number of rotatable bonds is 2. The van der Waals surface area contributed by atoms with Crippen molar-refractivity contribution in [1.82, 2.24) is 15.2 Å². The molecule has 2 rings (SSSR count). The van der Waals surface area contributed by atoms with E-state index in [2.05, 4.69) is 31.2 Å². The van der Waals surface area contributed by atoms with Gasteiger partial charge in [-0.1, -0.05) is 6.08 Å². The molecule has 0 bridgehead atoms. The van der Waals surface area contributed by atoms with Crippen LogP contribution in [0.4, 0.5) is 5.82 Å². The first kappa shape index (κ1) is 25.5. The molecule has 120 valence electrons.